The SMILES string of the molecule is O=C(CSc1[nH]c2ccccc2[n+]1Cc1ccccc1Cl)NN=Cc1ccccc1C(=O)[O-]. The van der Waals surface area contributed by atoms with Crippen LogP contribution < -0.4 is 15.1 Å². The summed E-state index contributed by atoms with van der Waals surface area (Å²) in [5, 5.41) is 16.5. The molecule has 0 aliphatic carbocycles. The topological polar surface area (TPSA) is 101 Å². The normalized spacial score (nSPS) is 11.2. The fraction of sp³-hybridized carbons (Fsp3) is 0.0833. The van der Waals surface area contributed by atoms with Gasteiger partial charge in [-0.25, -0.2) is 15.0 Å². The van der Waals surface area contributed by atoms with Gasteiger partial charge in [0.05, 0.1) is 17.9 Å². The average Bonchev–Trinajstić information content (AvgIpc) is 3.17. The molecule has 0 fully saturated rings. The standard InChI is InChI=1S/C24H19ClN4O3S/c25-19-10-4-2-8-17(19)14-29-21-12-6-5-11-20(21)27-24(29)33-15-22(30)28-26-13-16-7-1-3-9-18(16)23(31)32/h1-13H,14-15H2,(H2,28,30,31,32). The van der Waals surface area contributed by atoms with Crippen LogP contribution in [-0.2, 0) is 11.3 Å². The summed E-state index contributed by atoms with van der Waals surface area (Å²) < 4.78 is 2.08. The predicted molar refractivity (Wildman–Crippen MR) is 126 cm³/mol. The van der Waals surface area contributed by atoms with Gasteiger partial charge in [0.25, 0.3) is 5.91 Å². The number of carboxylic acid groups (broad SMARTS) is 1. The van der Waals surface area contributed by atoms with Gasteiger partial charge in [-0.1, -0.05) is 66.2 Å². The summed E-state index contributed by atoms with van der Waals surface area (Å²) in [5.74, 6) is -1.53. The minimum Gasteiger partial charge on any atom is -0.545 e. The molecule has 0 radical (unpaired) electrons. The summed E-state index contributed by atoms with van der Waals surface area (Å²) in [5.41, 5.74) is 5.70. The number of aromatic nitrogens is 2. The van der Waals surface area contributed by atoms with Crippen LogP contribution in [-0.4, -0.2) is 28.8 Å². The summed E-state index contributed by atoms with van der Waals surface area (Å²) in [6.07, 6.45) is 1.29. The molecule has 1 amide bonds. The number of nitrogens with one attached hydrogen (secondary N) is 2. The molecule has 2 N–H and O–H groups in total. The van der Waals surface area contributed by atoms with E-state index in [1.54, 1.807) is 18.2 Å². The molecule has 33 heavy (non-hydrogen) atoms. The molecule has 166 valence electrons. The molecule has 0 spiro atoms. The molecule has 4 aromatic rings. The Morgan fingerprint density at radius 1 is 1.06 bits per heavy atom. The zero-order valence-electron chi connectivity index (χ0n) is 17.3. The van der Waals surface area contributed by atoms with Crippen molar-refractivity contribution in [3.05, 3.63) is 94.5 Å². The predicted octanol–water partition coefficient (Wildman–Crippen LogP) is 2.76. The largest absolute Gasteiger partial charge is 0.545 e. The maximum absolute atomic E-state index is 12.3. The highest BCUT2D eigenvalue weighted by atomic mass is 35.5. The zero-order valence-corrected chi connectivity index (χ0v) is 18.9. The third-order valence-corrected chi connectivity index (χ3v) is 6.25. The Morgan fingerprint density at radius 2 is 1.79 bits per heavy atom. The molecule has 0 aliphatic rings. The number of rotatable bonds is 8. The number of hydrogen-bond donors (Lipinski definition) is 2. The van der Waals surface area contributed by atoms with Gasteiger partial charge in [-0.2, -0.15) is 5.10 Å². The molecule has 4 rings (SSSR count). The van der Waals surface area contributed by atoms with Crippen LogP contribution in [0, 0.1) is 0 Å². The van der Waals surface area contributed by atoms with Crippen LogP contribution in [0.15, 0.2) is 83.1 Å². The molecule has 7 nitrogen and oxygen atoms in total. The number of nitrogens with zero attached hydrogens (tertiary/aromatic N) is 2. The molecular weight excluding hydrogens is 460 g/mol. The van der Waals surface area contributed by atoms with Crippen LogP contribution in [0.1, 0.15) is 21.5 Å². The van der Waals surface area contributed by atoms with E-state index in [9.17, 15) is 14.7 Å². The highest BCUT2D eigenvalue weighted by molar-refractivity contribution is 7.99. The van der Waals surface area contributed by atoms with Crippen molar-refractivity contribution in [1.29, 1.82) is 0 Å². The van der Waals surface area contributed by atoms with E-state index >= 15 is 0 Å². The van der Waals surface area contributed by atoms with E-state index < -0.39 is 5.97 Å². The maximum Gasteiger partial charge on any atom is 0.317 e. The van der Waals surface area contributed by atoms with Crippen LogP contribution in [0.25, 0.3) is 11.0 Å². The van der Waals surface area contributed by atoms with Crippen molar-refractivity contribution in [1.82, 2.24) is 10.4 Å². The van der Waals surface area contributed by atoms with Gasteiger partial charge in [-0.15, -0.1) is 0 Å². The number of imidazole rings is 1. The first-order valence-corrected chi connectivity index (χ1v) is 11.4. The zero-order chi connectivity index (χ0) is 23.2. The Balaban J connectivity index is 1.46. The van der Waals surface area contributed by atoms with E-state index in [0.29, 0.717) is 17.1 Å². The molecule has 3 aromatic carbocycles. The molecular formula is C24H19ClN4O3S. The van der Waals surface area contributed by atoms with E-state index in [1.807, 2.05) is 48.5 Å². The first-order chi connectivity index (χ1) is 16.0. The lowest BCUT2D eigenvalue weighted by Gasteiger charge is -2.06. The third kappa shape index (κ3) is 5.42. The summed E-state index contributed by atoms with van der Waals surface area (Å²) in [6, 6.07) is 21.8. The number of para-hydroxylation sites is 2. The van der Waals surface area contributed by atoms with Crippen molar-refractivity contribution in [2.24, 2.45) is 5.10 Å². The fourth-order valence-corrected chi connectivity index (χ4v) is 4.34. The van der Waals surface area contributed by atoms with Crippen molar-refractivity contribution in [3.63, 3.8) is 0 Å². The first kappa shape index (κ1) is 22.6. The van der Waals surface area contributed by atoms with Crippen LogP contribution in [0.4, 0.5) is 0 Å². The molecule has 1 heterocycles. The highest BCUT2D eigenvalue weighted by Crippen LogP contribution is 2.21. The minimum atomic E-state index is -1.30. The van der Waals surface area contributed by atoms with Gasteiger partial charge in [0, 0.05) is 21.7 Å². The number of hydrogen-bond acceptors (Lipinski definition) is 5. The molecule has 0 saturated heterocycles. The Hall–Kier alpha value is -3.62. The Morgan fingerprint density at radius 3 is 2.61 bits per heavy atom. The molecule has 0 aliphatic heterocycles. The van der Waals surface area contributed by atoms with Gasteiger partial charge < -0.3 is 9.90 Å². The highest BCUT2D eigenvalue weighted by Gasteiger charge is 2.21. The van der Waals surface area contributed by atoms with Crippen molar-refractivity contribution in [2.45, 2.75) is 11.7 Å². The van der Waals surface area contributed by atoms with Crippen LogP contribution in [0.5, 0.6) is 0 Å². The lowest BCUT2D eigenvalue weighted by molar-refractivity contribution is -0.700. The lowest BCUT2D eigenvalue weighted by atomic mass is 10.1. The third-order valence-electron chi connectivity index (χ3n) is 4.88. The number of aromatic amines is 1. The van der Waals surface area contributed by atoms with Gasteiger partial charge in [0.1, 0.15) is 6.54 Å². The Bertz CT molecular complexity index is 1350. The average molecular weight is 479 g/mol. The van der Waals surface area contributed by atoms with Gasteiger partial charge in [-0.3, -0.25) is 4.79 Å². The van der Waals surface area contributed by atoms with Gasteiger partial charge >= 0.3 is 5.16 Å². The van der Waals surface area contributed by atoms with E-state index in [0.717, 1.165) is 21.8 Å². The first-order valence-electron chi connectivity index (χ1n) is 10.0. The molecule has 9 heteroatoms. The second kappa shape index (κ2) is 10.3. The summed E-state index contributed by atoms with van der Waals surface area (Å²) in [6.45, 7) is 0.547. The second-order valence-corrected chi connectivity index (χ2v) is 8.45. The van der Waals surface area contributed by atoms with E-state index in [1.165, 1.54) is 24.0 Å². The quantitative estimate of drug-likeness (QED) is 0.176. The van der Waals surface area contributed by atoms with Gasteiger partial charge in [0.15, 0.2) is 11.0 Å². The fourth-order valence-electron chi connectivity index (χ4n) is 3.31. The number of carbonyl (C=O) groups is 2. The number of benzene rings is 3. The molecule has 0 unspecified atom stereocenters. The number of fused-ring (bicyclic) bond motifs is 1. The monoisotopic (exact) mass is 478 g/mol. The van der Waals surface area contributed by atoms with Crippen molar-refractivity contribution >= 4 is 52.5 Å². The molecule has 0 saturated carbocycles. The van der Waals surface area contributed by atoms with Crippen molar-refractivity contribution < 1.29 is 19.3 Å². The number of halogens is 1. The van der Waals surface area contributed by atoms with Crippen molar-refractivity contribution in [3.8, 4) is 0 Å². The smallest absolute Gasteiger partial charge is 0.317 e. The number of carboxylic acids is 1. The minimum absolute atomic E-state index is 0.00330. The molecule has 0 bridgehead atoms. The van der Waals surface area contributed by atoms with Crippen LogP contribution >= 0.6 is 23.4 Å². The second-order valence-electron chi connectivity index (χ2n) is 7.08. The number of H-pyrrole nitrogens is 1. The molecule has 1 aromatic heterocycles. The number of carbonyl (C=O) groups excluding carboxylic acids is 2. The van der Waals surface area contributed by atoms with Gasteiger partial charge in [-0.05, 0) is 30.0 Å². The van der Waals surface area contributed by atoms with Crippen LogP contribution in [0.3, 0.4) is 0 Å². The summed E-state index contributed by atoms with van der Waals surface area (Å²) >= 11 is 7.69. The number of hydrazone groups is 1. The maximum atomic E-state index is 12.3. The molecule has 0 atom stereocenters. The number of aromatic carboxylic acids is 1. The Kier molecular flexibility index (Phi) is 7.07. The van der Waals surface area contributed by atoms with E-state index in [2.05, 4.69) is 20.1 Å². The summed E-state index contributed by atoms with van der Waals surface area (Å²) in [7, 11) is 0. The number of amides is 1. The van der Waals surface area contributed by atoms with E-state index in [4.69, 9.17) is 11.6 Å². The summed E-state index contributed by atoms with van der Waals surface area (Å²) in [4.78, 5) is 26.9. The van der Waals surface area contributed by atoms with Gasteiger partial charge in [0.2, 0.25) is 0 Å². The van der Waals surface area contributed by atoms with Crippen molar-refractivity contribution in [2.75, 3.05) is 5.75 Å². The Labute approximate surface area is 199 Å². The lowest BCUT2D eigenvalue weighted by Crippen LogP contribution is -2.36. The van der Waals surface area contributed by atoms with Crippen LogP contribution in [0.2, 0.25) is 5.02 Å². The number of thioether (sulfide) groups is 1. The van der Waals surface area contributed by atoms with E-state index in [-0.39, 0.29) is 17.2 Å².